The summed E-state index contributed by atoms with van der Waals surface area (Å²) < 4.78 is 4.96. The number of carbonyl (C=O) groups excluding carboxylic acids is 1. The second-order valence-electron chi connectivity index (χ2n) is 3.34. The highest BCUT2D eigenvalue weighted by Gasteiger charge is 2.12. The molecule has 0 spiro atoms. The van der Waals surface area contributed by atoms with Gasteiger partial charge in [0.25, 0.3) is 0 Å². The Kier molecular flexibility index (Phi) is 3.50. The number of hydrogen-bond donors (Lipinski definition) is 1. The van der Waals surface area contributed by atoms with Crippen LogP contribution in [-0.2, 0) is 4.74 Å². The van der Waals surface area contributed by atoms with Crippen molar-refractivity contribution in [1.29, 1.82) is 0 Å². The van der Waals surface area contributed by atoms with Gasteiger partial charge >= 0.3 is 5.97 Å². The van der Waals surface area contributed by atoms with Crippen molar-refractivity contribution in [3.05, 3.63) is 41.5 Å². The molecule has 0 aliphatic heterocycles. The lowest BCUT2D eigenvalue weighted by atomic mass is 10.0. The van der Waals surface area contributed by atoms with E-state index >= 15 is 0 Å². The molecule has 0 saturated carbocycles. The molecule has 0 heterocycles. The summed E-state index contributed by atoms with van der Waals surface area (Å²) >= 11 is 0. The number of benzene rings is 1. The summed E-state index contributed by atoms with van der Waals surface area (Å²) in [7, 11) is 0. The van der Waals surface area contributed by atoms with Gasteiger partial charge in [-0.15, -0.1) is 0 Å². The third-order valence-electron chi connectivity index (χ3n) is 2.38. The van der Waals surface area contributed by atoms with E-state index < -0.39 is 0 Å². The van der Waals surface area contributed by atoms with Crippen molar-refractivity contribution in [1.82, 2.24) is 0 Å². The molecule has 0 radical (unpaired) electrons. The molecule has 0 amide bonds. The summed E-state index contributed by atoms with van der Waals surface area (Å²) in [6.07, 6.45) is 1.54. The Morgan fingerprint density at radius 2 is 2.13 bits per heavy atom. The number of anilines is 1. The van der Waals surface area contributed by atoms with Crippen LogP contribution in [0.5, 0.6) is 0 Å². The van der Waals surface area contributed by atoms with Gasteiger partial charge in [-0.2, -0.15) is 0 Å². The summed E-state index contributed by atoms with van der Waals surface area (Å²) in [5.41, 5.74) is 8.75. The number of nitrogens with two attached hydrogens (primary N) is 1. The van der Waals surface area contributed by atoms with Gasteiger partial charge in [0.05, 0.1) is 5.56 Å². The molecule has 1 aromatic carbocycles. The van der Waals surface area contributed by atoms with Gasteiger partial charge in [0.15, 0.2) is 0 Å². The van der Waals surface area contributed by atoms with Crippen molar-refractivity contribution in [2.75, 3.05) is 12.3 Å². The third-order valence-corrected chi connectivity index (χ3v) is 2.38. The van der Waals surface area contributed by atoms with E-state index in [-0.39, 0.29) is 12.6 Å². The van der Waals surface area contributed by atoms with Crippen LogP contribution in [0.15, 0.2) is 24.8 Å². The molecular weight excluding hydrogens is 190 g/mol. The van der Waals surface area contributed by atoms with Gasteiger partial charge in [-0.05, 0) is 37.1 Å². The highest BCUT2D eigenvalue weighted by molar-refractivity contribution is 5.92. The standard InChI is InChI=1S/C12H15NO2/c1-4-7-15-12(14)10-5-6-11(13)9(3)8(10)2/h4-6H,1,7,13H2,2-3H3. The lowest BCUT2D eigenvalue weighted by Crippen LogP contribution is -2.08. The molecule has 2 N–H and O–H groups in total. The van der Waals surface area contributed by atoms with Crippen LogP contribution in [0.25, 0.3) is 0 Å². The van der Waals surface area contributed by atoms with Gasteiger partial charge in [0, 0.05) is 5.69 Å². The number of hydrogen-bond acceptors (Lipinski definition) is 3. The number of ether oxygens (including phenoxy) is 1. The highest BCUT2D eigenvalue weighted by atomic mass is 16.5. The molecule has 0 unspecified atom stereocenters. The van der Waals surface area contributed by atoms with Gasteiger partial charge < -0.3 is 10.5 Å². The van der Waals surface area contributed by atoms with Crippen LogP contribution in [0, 0.1) is 13.8 Å². The minimum Gasteiger partial charge on any atom is -0.458 e. The van der Waals surface area contributed by atoms with Gasteiger partial charge in [-0.3, -0.25) is 0 Å². The second-order valence-corrected chi connectivity index (χ2v) is 3.34. The lowest BCUT2D eigenvalue weighted by molar-refractivity contribution is 0.0549. The average molecular weight is 205 g/mol. The first kappa shape index (κ1) is 11.3. The zero-order valence-electron chi connectivity index (χ0n) is 9.04. The predicted molar refractivity (Wildman–Crippen MR) is 60.8 cm³/mol. The van der Waals surface area contributed by atoms with Crippen molar-refractivity contribution in [2.24, 2.45) is 0 Å². The van der Waals surface area contributed by atoms with Crippen LogP contribution >= 0.6 is 0 Å². The minimum absolute atomic E-state index is 0.224. The molecule has 0 bridgehead atoms. The van der Waals surface area contributed by atoms with Gasteiger partial charge in [-0.1, -0.05) is 12.7 Å². The maximum atomic E-state index is 11.6. The Balaban J connectivity index is 3.00. The van der Waals surface area contributed by atoms with Crippen LogP contribution in [0.3, 0.4) is 0 Å². The van der Waals surface area contributed by atoms with E-state index in [1.807, 2.05) is 13.8 Å². The van der Waals surface area contributed by atoms with Crippen molar-refractivity contribution in [3.63, 3.8) is 0 Å². The fourth-order valence-corrected chi connectivity index (χ4v) is 1.28. The number of rotatable bonds is 3. The largest absolute Gasteiger partial charge is 0.458 e. The number of esters is 1. The first-order valence-corrected chi connectivity index (χ1v) is 4.71. The van der Waals surface area contributed by atoms with E-state index in [9.17, 15) is 4.79 Å². The van der Waals surface area contributed by atoms with E-state index in [4.69, 9.17) is 10.5 Å². The van der Waals surface area contributed by atoms with Crippen LogP contribution in [0.1, 0.15) is 21.5 Å². The Hall–Kier alpha value is -1.77. The average Bonchev–Trinajstić information content (AvgIpc) is 2.23. The first-order chi connectivity index (χ1) is 7.07. The quantitative estimate of drug-likeness (QED) is 0.467. The van der Waals surface area contributed by atoms with Crippen molar-refractivity contribution in [3.8, 4) is 0 Å². The molecule has 1 rings (SSSR count). The molecule has 0 aliphatic rings. The molecule has 80 valence electrons. The summed E-state index contributed by atoms with van der Waals surface area (Å²) in [5.74, 6) is -0.337. The first-order valence-electron chi connectivity index (χ1n) is 4.71. The molecule has 0 aliphatic carbocycles. The molecular formula is C12H15NO2. The second kappa shape index (κ2) is 4.64. The molecule has 0 atom stereocenters. The molecule has 0 saturated heterocycles. The van der Waals surface area contributed by atoms with Crippen LogP contribution in [0.4, 0.5) is 5.69 Å². The highest BCUT2D eigenvalue weighted by Crippen LogP contribution is 2.19. The fraction of sp³-hybridized carbons (Fsp3) is 0.250. The molecule has 0 aromatic heterocycles. The normalized spacial score (nSPS) is 9.73. The minimum atomic E-state index is -0.337. The van der Waals surface area contributed by atoms with E-state index in [0.29, 0.717) is 11.3 Å². The van der Waals surface area contributed by atoms with Crippen LogP contribution in [0.2, 0.25) is 0 Å². The van der Waals surface area contributed by atoms with Crippen LogP contribution < -0.4 is 5.73 Å². The Bertz CT molecular complexity index is 397. The van der Waals surface area contributed by atoms with Crippen molar-refractivity contribution in [2.45, 2.75) is 13.8 Å². The maximum Gasteiger partial charge on any atom is 0.338 e. The number of nitrogen functional groups attached to an aromatic ring is 1. The van der Waals surface area contributed by atoms with E-state index in [1.165, 1.54) is 6.08 Å². The summed E-state index contributed by atoms with van der Waals surface area (Å²) in [6, 6.07) is 3.40. The predicted octanol–water partition coefficient (Wildman–Crippen LogP) is 2.23. The van der Waals surface area contributed by atoms with Crippen LogP contribution in [-0.4, -0.2) is 12.6 Å². The van der Waals surface area contributed by atoms with Crippen molar-refractivity contribution >= 4 is 11.7 Å². The van der Waals surface area contributed by atoms with Gasteiger partial charge in [0.2, 0.25) is 0 Å². The maximum absolute atomic E-state index is 11.6. The Morgan fingerprint density at radius 3 is 2.73 bits per heavy atom. The molecule has 1 aromatic rings. The van der Waals surface area contributed by atoms with E-state index in [1.54, 1.807) is 12.1 Å². The third kappa shape index (κ3) is 2.37. The van der Waals surface area contributed by atoms with Gasteiger partial charge in [-0.25, -0.2) is 4.79 Å². The SMILES string of the molecule is C=CCOC(=O)c1ccc(N)c(C)c1C. The smallest absolute Gasteiger partial charge is 0.338 e. The number of carbonyl (C=O) groups is 1. The monoisotopic (exact) mass is 205 g/mol. The molecule has 0 fully saturated rings. The van der Waals surface area contributed by atoms with Crippen molar-refractivity contribution < 1.29 is 9.53 Å². The summed E-state index contributed by atoms with van der Waals surface area (Å²) in [5, 5.41) is 0. The van der Waals surface area contributed by atoms with Gasteiger partial charge in [0.1, 0.15) is 6.61 Å². The summed E-state index contributed by atoms with van der Waals surface area (Å²) in [4.78, 5) is 11.6. The molecule has 3 heteroatoms. The molecule has 15 heavy (non-hydrogen) atoms. The zero-order chi connectivity index (χ0) is 11.4. The molecule has 3 nitrogen and oxygen atoms in total. The van der Waals surface area contributed by atoms with E-state index in [0.717, 1.165) is 11.1 Å². The lowest BCUT2D eigenvalue weighted by Gasteiger charge is -2.09. The Morgan fingerprint density at radius 1 is 1.47 bits per heavy atom. The van der Waals surface area contributed by atoms with E-state index in [2.05, 4.69) is 6.58 Å². The fourth-order valence-electron chi connectivity index (χ4n) is 1.28. The zero-order valence-corrected chi connectivity index (χ0v) is 9.04. The summed E-state index contributed by atoms with van der Waals surface area (Å²) in [6.45, 7) is 7.45. The topological polar surface area (TPSA) is 52.3 Å². The Labute approximate surface area is 89.5 Å².